The molecule has 6 nitrogen and oxygen atoms in total. The Morgan fingerprint density at radius 3 is 2.68 bits per heavy atom. The first kappa shape index (κ1) is 14.5. The topological polar surface area (TPSA) is 84.2 Å². The summed E-state index contributed by atoms with van der Waals surface area (Å²) in [6, 6.07) is 0. The lowest BCUT2D eigenvalue weighted by atomic mass is 9.80. The molecular weight excluding hydrogens is 266 g/mol. The van der Waals surface area contributed by atoms with E-state index in [1.54, 1.807) is 7.05 Å². The molecule has 1 saturated carbocycles. The van der Waals surface area contributed by atoms with Crippen LogP contribution in [0.25, 0.3) is 0 Å². The fourth-order valence-electron chi connectivity index (χ4n) is 2.33. The van der Waals surface area contributed by atoms with Gasteiger partial charge in [-0.25, -0.2) is 13.1 Å². The van der Waals surface area contributed by atoms with Crippen molar-refractivity contribution >= 4 is 10.0 Å². The zero-order valence-electron chi connectivity index (χ0n) is 11.3. The van der Waals surface area contributed by atoms with Crippen LogP contribution in [-0.2, 0) is 17.1 Å². The van der Waals surface area contributed by atoms with Crippen LogP contribution in [0.1, 0.15) is 32.6 Å². The Kier molecular flexibility index (Phi) is 3.98. The van der Waals surface area contributed by atoms with Crippen molar-refractivity contribution in [3.05, 3.63) is 12.4 Å². The minimum atomic E-state index is -3.58. The maximum atomic E-state index is 12.0. The Hall–Kier alpha value is -0.920. The number of aliphatic hydroxyl groups is 1. The maximum Gasteiger partial charge on any atom is 0.243 e. The lowest BCUT2D eigenvalue weighted by molar-refractivity contribution is -0.00182. The quantitative estimate of drug-likeness (QED) is 0.851. The Balaban J connectivity index is 1.98. The standard InChI is InChI=1S/C12H21N3O3S/c1-10-3-5-12(16,6-4-10)9-14-19(17,18)11-7-13-15(2)8-11/h7-8,10,14,16H,3-6,9H2,1-2H3. The Morgan fingerprint density at radius 2 is 2.16 bits per heavy atom. The summed E-state index contributed by atoms with van der Waals surface area (Å²) < 4.78 is 28.0. The molecule has 0 aromatic carbocycles. The van der Waals surface area contributed by atoms with Crippen LogP contribution in [0.15, 0.2) is 17.3 Å². The number of sulfonamides is 1. The molecule has 0 amide bonds. The first-order valence-corrected chi connectivity index (χ1v) is 8.00. The van der Waals surface area contributed by atoms with Crippen molar-refractivity contribution in [3.8, 4) is 0 Å². The van der Waals surface area contributed by atoms with Crippen LogP contribution in [0.3, 0.4) is 0 Å². The normalized spacial score (nSPS) is 28.5. The molecule has 1 aromatic heterocycles. The zero-order valence-corrected chi connectivity index (χ0v) is 12.2. The van der Waals surface area contributed by atoms with E-state index in [0.717, 1.165) is 12.8 Å². The fourth-order valence-corrected chi connectivity index (χ4v) is 3.43. The molecule has 1 aliphatic carbocycles. The molecule has 0 spiro atoms. The summed E-state index contributed by atoms with van der Waals surface area (Å²) in [5.41, 5.74) is -0.915. The molecule has 19 heavy (non-hydrogen) atoms. The molecule has 0 unspecified atom stereocenters. The number of hydrogen-bond donors (Lipinski definition) is 2. The van der Waals surface area contributed by atoms with Gasteiger partial charge in [0.25, 0.3) is 0 Å². The monoisotopic (exact) mass is 287 g/mol. The number of rotatable bonds is 4. The Morgan fingerprint density at radius 1 is 1.53 bits per heavy atom. The van der Waals surface area contributed by atoms with Gasteiger partial charge in [0.05, 0.1) is 11.8 Å². The summed E-state index contributed by atoms with van der Waals surface area (Å²) in [4.78, 5) is 0.128. The summed E-state index contributed by atoms with van der Waals surface area (Å²) in [6.45, 7) is 2.22. The summed E-state index contributed by atoms with van der Waals surface area (Å²) in [7, 11) is -1.92. The largest absolute Gasteiger partial charge is 0.389 e. The fraction of sp³-hybridized carbons (Fsp3) is 0.750. The highest BCUT2D eigenvalue weighted by Gasteiger charge is 2.33. The van der Waals surface area contributed by atoms with E-state index in [-0.39, 0.29) is 11.4 Å². The molecule has 1 aromatic rings. The van der Waals surface area contributed by atoms with E-state index in [1.807, 2.05) is 0 Å². The van der Waals surface area contributed by atoms with Crippen molar-refractivity contribution in [2.24, 2.45) is 13.0 Å². The van der Waals surface area contributed by atoms with Crippen LogP contribution in [0, 0.1) is 5.92 Å². The smallest absolute Gasteiger partial charge is 0.243 e. The zero-order chi connectivity index (χ0) is 14.1. The Bertz CT molecular complexity index is 530. The second-order valence-corrected chi connectivity index (χ2v) is 7.35. The highest BCUT2D eigenvalue weighted by atomic mass is 32.2. The summed E-state index contributed by atoms with van der Waals surface area (Å²) in [5.74, 6) is 0.607. The molecule has 0 saturated heterocycles. The van der Waals surface area contributed by atoms with Gasteiger partial charge in [-0.15, -0.1) is 0 Å². The number of nitrogens with one attached hydrogen (secondary N) is 1. The molecule has 7 heteroatoms. The van der Waals surface area contributed by atoms with Gasteiger partial charge < -0.3 is 5.11 Å². The average molecular weight is 287 g/mol. The minimum absolute atomic E-state index is 0.0664. The molecule has 108 valence electrons. The predicted octanol–water partition coefficient (Wildman–Crippen LogP) is 0.640. The third kappa shape index (κ3) is 3.55. The van der Waals surface area contributed by atoms with Crippen LogP contribution in [0.5, 0.6) is 0 Å². The van der Waals surface area contributed by atoms with E-state index in [1.165, 1.54) is 17.1 Å². The van der Waals surface area contributed by atoms with E-state index in [4.69, 9.17) is 0 Å². The molecular formula is C12H21N3O3S. The molecule has 1 aliphatic rings. The highest BCUT2D eigenvalue weighted by molar-refractivity contribution is 7.89. The van der Waals surface area contributed by atoms with Gasteiger partial charge in [0.15, 0.2) is 0 Å². The third-order valence-corrected chi connectivity index (χ3v) is 5.14. The third-order valence-electron chi connectivity index (χ3n) is 3.79. The summed E-state index contributed by atoms with van der Waals surface area (Å²) in [6.07, 6.45) is 5.90. The molecule has 0 radical (unpaired) electrons. The number of aryl methyl sites for hydroxylation is 1. The molecule has 1 fully saturated rings. The van der Waals surface area contributed by atoms with Gasteiger partial charge in [0, 0.05) is 19.8 Å². The first-order valence-electron chi connectivity index (χ1n) is 6.51. The second-order valence-electron chi connectivity index (χ2n) is 5.58. The number of nitrogens with zero attached hydrogens (tertiary/aromatic N) is 2. The van der Waals surface area contributed by atoms with Gasteiger partial charge in [-0.2, -0.15) is 5.10 Å². The van der Waals surface area contributed by atoms with E-state index in [2.05, 4.69) is 16.7 Å². The molecule has 0 aliphatic heterocycles. The average Bonchev–Trinajstić information content (AvgIpc) is 2.79. The van der Waals surface area contributed by atoms with Gasteiger partial charge in [0.2, 0.25) is 10.0 Å². The molecule has 0 bridgehead atoms. The van der Waals surface area contributed by atoms with Crippen molar-refractivity contribution in [1.29, 1.82) is 0 Å². The molecule has 1 heterocycles. The molecule has 0 atom stereocenters. The summed E-state index contributed by atoms with van der Waals surface area (Å²) in [5, 5.41) is 14.2. The van der Waals surface area contributed by atoms with Crippen LogP contribution >= 0.6 is 0 Å². The highest BCUT2D eigenvalue weighted by Crippen LogP contribution is 2.31. The van der Waals surface area contributed by atoms with Gasteiger partial charge in [-0.05, 0) is 31.6 Å². The SMILES string of the molecule is CC1CCC(O)(CNS(=O)(=O)c2cnn(C)c2)CC1. The lowest BCUT2D eigenvalue weighted by Gasteiger charge is -2.34. The number of aromatic nitrogens is 2. The van der Waals surface area contributed by atoms with Crippen LogP contribution in [-0.4, -0.2) is 35.5 Å². The van der Waals surface area contributed by atoms with Crippen molar-refractivity contribution in [1.82, 2.24) is 14.5 Å². The molecule has 2 rings (SSSR count). The summed E-state index contributed by atoms with van der Waals surface area (Å²) >= 11 is 0. The minimum Gasteiger partial charge on any atom is -0.389 e. The van der Waals surface area contributed by atoms with Crippen LogP contribution in [0.4, 0.5) is 0 Å². The van der Waals surface area contributed by atoms with Gasteiger partial charge >= 0.3 is 0 Å². The van der Waals surface area contributed by atoms with Crippen molar-refractivity contribution in [2.75, 3.05) is 6.54 Å². The van der Waals surface area contributed by atoms with E-state index < -0.39 is 15.6 Å². The van der Waals surface area contributed by atoms with E-state index in [0.29, 0.717) is 18.8 Å². The van der Waals surface area contributed by atoms with Gasteiger partial charge in [-0.3, -0.25) is 4.68 Å². The van der Waals surface area contributed by atoms with E-state index in [9.17, 15) is 13.5 Å². The predicted molar refractivity (Wildman–Crippen MR) is 71.0 cm³/mol. The number of hydrogen-bond acceptors (Lipinski definition) is 4. The van der Waals surface area contributed by atoms with Gasteiger partial charge in [-0.1, -0.05) is 6.92 Å². The van der Waals surface area contributed by atoms with E-state index >= 15 is 0 Å². The van der Waals surface area contributed by atoms with Crippen molar-refractivity contribution < 1.29 is 13.5 Å². The first-order chi connectivity index (χ1) is 8.81. The van der Waals surface area contributed by atoms with Crippen LogP contribution < -0.4 is 4.72 Å². The maximum absolute atomic E-state index is 12.0. The van der Waals surface area contributed by atoms with Crippen LogP contribution in [0.2, 0.25) is 0 Å². The second kappa shape index (κ2) is 5.22. The van der Waals surface area contributed by atoms with Crippen molar-refractivity contribution in [3.63, 3.8) is 0 Å². The Labute approximate surface area is 113 Å². The molecule has 2 N–H and O–H groups in total. The lowest BCUT2D eigenvalue weighted by Crippen LogP contribution is -2.45. The van der Waals surface area contributed by atoms with Gasteiger partial charge in [0.1, 0.15) is 4.90 Å². The van der Waals surface area contributed by atoms with Crippen molar-refractivity contribution in [2.45, 2.75) is 43.1 Å².